The summed E-state index contributed by atoms with van der Waals surface area (Å²) in [5, 5.41) is 12.5. The standard InChI is InChI=1S/C21H35NO3/c1-2-3-4-5-6-7-8-18(19(23)24)22-20(25)21-12-15-9-16(13-21)11-17(10-15)14-21/h15-18H,2-14H2,1H3,(H,22,25)(H,23,24)/t15?,16?,17?,18-,21?/m1/s1. The Labute approximate surface area is 152 Å². The molecule has 0 radical (unpaired) electrons. The minimum absolute atomic E-state index is 0.0463. The Kier molecular flexibility index (Phi) is 6.06. The second kappa shape index (κ2) is 8.09. The molecule has 0 spiro atoms. The first-order chi connectivity index (χ1) is 12.0. The second-order valence-corrected chi connectivity index (χ2v) is 9.12. The van der Waals surface area contributed by atoms with E-state index in [-0.39, 0.29) is 11.3 Å². The second-order valence-electron chi connectivity index (χ2n) is 9.12. The quantitative estimate of drug-likeness (QED) is 0.570. The molecule has 0 unspecified atom stereocenters. The highest BCUT2D eigenvalue weighted by Crippen LogP contribution is 2.60. The van der Waals surface area contributed by atoms with Crippen LogP contribution in [0.25, 0.3) is 0 Å². The zero-order valence-corrected chi connectivity index (χ0v) is 15.8. The molecule has 0 aromatic heterocycles. The number of carbonyl (C=O) groups is 2. The van der Waals surface area contributed by atoms with Crippen molar-refractivity contribution in [3.8, 4) is 0 Å². The van der Waals surface area contributed by atoms with E-state index in [1.165, 1.54) is 44.9 Å². The molecule has 4 saturated carbocycles. The Balaban J connectivity index is 1.50. The molecule has 4 heteroatoms. The number of nitrogens with one attached hydrogen (secondary N) is 1. The van der Waals surface area contributed by atoms with Gasteiger partial charge in [0.15, 0.2) is 0 Å². The summed E-state index contributed by atoms with van der Waals surface area (Å²) in [6.45, 7) is 2.19. The Morgan fingerprint density at radius 1 is 0.960 bits per heavy atom. The number of carbonyl (C=O) groups excluding carboxylic acids is 1. The number of hydrogen-bond donors (Lipinski definition) is 2. The molecule has 2 N–H and O–H groups in total. The molecular weight excluding hydrogens is 314 g/mol. The van der Waals surface area contributed by atoms with Crippen molar-refractivity contribution in [2.45, 2.75) is 96.4 Å². The Hall–Kier alpha value is -1.06. The molecule has 4 aliphatic carbocycles. The van der Waals surface area contributed by atoms with Gasteiger partial charge in [-0.2, -0.15) is 0 Å². The summed E-state index contributed by atoms with van der Waals surface area (Å²) in [5.41, 5.74) is -0.246. The van der Waals surface area contributed by atoms with E-state index >= 15 is 0 Å². The van der Waals surface area contributed by atoms with Crippen LogP contribution < -0.4 is 5.32 Å². The van der Waals surface area contributed by atoms with Gasteiger partial charge >= 0.3 is 5.97 Å². The van der Waals surface area contributed by atoms with Gasteiger partial charge in [0.1, 0.15) is 6.04 Å². The SMILES string of the molecule is CCCCCCCC[C@@H](NC(=O)C12CC3CC(CC(C3)C1)C2)C(=O)O. The zero-order valence-electron chi connectivity index (χ0n) is 15.8. The van der Waals surface area contributed by atoms with Crippen LogP contribution in [0.2, 0.25) is 0 Å². The first kappa shape index (κ1) is 18.7. The maximum absolute atomic E-state index is 13.0. The topological polar surface area (TPSA) is 66.4 Å². The lowest BCUT2D eigenvalue weighted by Gasteiger charge is -2.55. The first-order valence-corrected chi connectivity index (χ1v) is 10.6. The van der Waals surface area contributed by atoms with Gasteiger partial charge in [-0.25, -0.2) is 4.79 Å². The van der Waals surface area contributed by atoms with Gasteiger partial charge in [-0.3, -0.25) is 4.79 Å². The summed E-state index contributed by atoms with van der Waals surface area (Å²) in [6.07, 6.45) is 14.3. The molecule has 0 aromatic rings. The van der Waals surface area contributed by atoms with Gasteiger partial charge in [-0.1, -0.05) is 45.4 Å². The summed E-state index contributed by atoms with van der Waals surface area (Å²) in [5.74, 6) is 1.30. The molecule has 0 aliphatic heterocycles. The molecule has 0 heterocycles. The Bertz CT molecular complexity index is 452. The highest BCUT2D eigenvalue weighted by Gasteiger charge is 2.54. The van der Waals surface area contributed by atoms with Crippen LogP contribution in [0.1, 0.15) is 90.4 Å². The van der Waals surface area contributed by atoms with Crippen LogP contribution in [0.5, 0.6) is 0 Å². The van der Waals surface area contributed by atoms with Crippen LogP contribution in [0.15, 0.2) is 0 Å². The van der Waals surface area contributed by atoms with E-state index in [1.807, 2.05) is 0 Å². The van der Waals surface area contributed by atoms with Crippen molar-refractivity contribution in [2.24, 2.45) is 23.2 Å². The lowest BCUT2D eigenvalue weighted by molar-refractivity contribution is -0.151. The summed E-state index contributed by atoms with van der Waals surface area (Å²) in [7, 11) is 0. The van der Waals surface area contributed by atoms with Gasteiger partial charge < -0.3 is 10.4 Å². The van der Waals surface area contributed by atoms with E-state index in [4.69, 9.17) is 0 Å². The molecule has 4 fully saturated rings. The Morgan fingerprint density at radius 3 is 2.00 bits per heavy atom. The van der Waals surface area contributed by atoms with E-state index in [0.29, 0.717) is 24.2 Å². The van der Waals surface area contributed by atoms with Crippen LogP contribution in [0.3, 0.4) is 0 Å². The highest BCUT2D eigenvalue weighted by molar-refractivity contribution is 5.87. The van der Waals surface area contributed by atoms with Crippen molar-refractivity contribution in [1.29, 1.82) is 0 Å². The normalized spacial score (nSPS) is 34.0. The van der Waals surface area contributed by atoms with E-state index in [2.05, 4.69) is 12.2 Å². The van der Waals surface area contributed by atoms with E-state index in [0.717, 1.165) is 32.1 Å². The van der Waals surface area contributed by atoms with Crippen LogP contribution in [-0.4, -0.2) is 23.0 Å². The maximum atomic E-state index is 13.0. The summed E-state index contributed by atoms with van der Waals surface area (Å²) in [4.78, 5) is 24.6. The minimum Gasteiger partial charge on any atom is -0.480 e. The number of unbranched alkanes of at least 4 members (excludes halogenated alkanes) is 5. The molecule has 4 rings (SSSR count). The predicted molar refractivity (Wildman–Crippen MR) is 98.2 cm³/mol. The fraction of sp³-hybridized carbons (Fsp3) is 0.905. The molecule has 4 aliphatic rings. The smallest absolute Gasteiger partial charge is 0.326 e. The molecule has 142 valence electrons. The fourth-order valence-electron chi connectivity index (χ4n) is 6.09. The zero-order chi connectivity index (χ0) is 17.9. The molecule has 0 aromatic carbocycles. The molecule has 1 atom stereocenters. The lowest BCUT2D eigenvalue weighted by atomic mass is 9.49. The third-order valence-electron chi connectivity index (χ3n) is 6.97. The molecule has 1 amide bonds. The van der Waals surface area contributed by atoms with Gasteiger partial charge in [-0.15, -0.1) is 0 Å². The van der Waals surface area contributed by atoms with E-state index in [9.17, 15) is 14.7 Å². The number of carboxylic acid groups (broad SMARTS) is 1. The molecule has 4 nitrogen and oxygen atoms in total. The van der Waals surface area contributed by atoms with Gasteiger partial charge in [0.25, 0.3) is 0 Å². The lowest BCUT2D eigenvalue weighted by Crippen LogP contribution is -2.56. The third-order valence-corrected chi connectivity index (χ3v) is 6.97. The highest BCUT2D eigenvalue weighted by atomic mass is 16.4. The minimum atomic E-state index is -0.869. The van der Waals surface area contributed by atoms with Crippen LogP contribution in [0, 0.1) is 23.2 Å². The van der Waals surface area contributed by atoms with Crippen molar-refractivity contribution in [1.82, 2.24) is 5.32 Å². The van der Waals surface area contributed by atoms with E-state index in [1.54, 1.807) is 0 Å². The van der Waals surface area contributed by atoms with Gasteiger partial charge in [0.05, 0.1) is 0 Å². The van der Waals surface area contributed by atoms with Crippen LogP contribution in [-0.2, 0) is 9.59 Å². The Morgan fingerprint density at radius 2 is 1.48 bits per heavy atom. The molecule has 0 saturated heterocycles. The van der Waals surface area contributed by atoms with Gasteiger partial charge in [0, 0.05) is 5.41 Å². The number of amides is 1. The summed E-state index contributed by atoms with van der Waals surface area (Å²) in [6, 6.07) is -0.702. The number of aliphatic carboxylic acids is 1. The number of rotatable bonds is 10. The predicted octanol–water partition coefficient (Wildman–Crippen LogP) is 4.52. The number of hydrogen-bond acceptors (Lipinski definition) is 2. The average Bonchev–Trinajstić information content (AvgIpc) is 2.55. The van der Waals surface area contributed by atoms with Gasteiger partial charge in [-0.05, 0) is 62.7 Å². The van der Waals surface area contributed by atoms with Crippen molar-refractivity contribution in [3.05, 3.63) is 0 Å². The third kappa shape index (κ3) is 4.38. The number of carboxylic acids is 1. The molecule has 25 heavy (non-hydrogen) atoms. The van der Waals surface area contributed by atoms with Crippen molar-refractivity contribution >= 4 is 11.9 Å². The van der Waals surface area contributed by atoms with E-state index < -0.39 is 12.0 Å². The molecule has 4 bridgehead atoms. The fourth-order valence-corrected chi connectivity index (χ4v) is 6.09. The monoisotopic (exact) mass is 349 g/mol. The summed E-state index contributed by atoms with van der Waals surface area (Å²) < 4.78 is 0. The first-order valence-electron chi connectivity index (χ1n) is 10.6. The van der Waals surface area contributed by atoms with Crippen LogP contribution >= 0.6 is 0 Å². The van der Waals surface area contributed by atoms with Gasteiger partial charge in [0.2, 0.25) is 5.91 Å². The largest absolute Gasteiger partial charge is 0.480 e. The van der Waals surface area contributed by atoms with Crippen molar-refractivity contribution in [2.75, 3.05) is 0 Å². The van der Waals surface area contributed by atoms with Crippen molar-refractivity contribution < 1.29 is 14.7 Å². The van der Waals surface area contributed by atoms with Crippen LogP contribution in [0.4, 0.5) is 0 Å². The molecular formula is C21H35NO3. The maximum Gasteiger partial charge on any atom is 0.326 e. The summed E-state index contributed by atoms with van der Waals surface area (Å²) >= 11 is 0. The van der Waals surface area contributed by atoms with Crippen molar-refractivity contribution in [3.63, 3.8) is 0 Å². The average molecular weight is 350 g/mol.